The van der Waals surface area contributed by atoms with Crippen molar-refractivity contribution in [3.05, 3.63) is 0 Å². The van der Waals surface area contributed by atoms with Crippen LogP contribution in [0.3, 0.4) is 0 Å². The molecule has 3 rings (SSSR count). The van der Waals surface area contributed by atoms with E-state index in [1.54, 1.807) is 0 Å². The Morgan fingerprint density at radius 2 is 1.86 bits per heavy atom. The van der Waals surface area contributed by atoms with Crippen LogP contribution >= 0.6 is 0 Å². The lowest BCUT2D eigenvalue weighted by Gasteiger charge is -2.32. The van der Waals surface area contributed by atoms with Gasteiger partial charge in [0, 0.05) is 32.7 Å². The lowest BCUT2D eigenvalue weighted by molar-refractivity contribution is 0.0585. The molecule has 0 spiro atoms. The molecule has 3 aliphatic heterocycles. The number of rotatable bonds is 3. The lowest BCUT2D eigenvalue weighted by atomic mass is 9.97. The number of hydrogen-bond acceptors (Lipinski definition) is 6. The third-order valence-corrected chi connectivity index (χ3v) is 4.51. The van der Waals surface area contributed by atoms with Crippen LogP contribution in [-0.2, 0) is 14.2 Å². The van der Waals surface area contributed by atoms with E-state index in [9.17, 15) is 0 Å². The fourth-order valence-electron chi connectivity index (χ4n) is 3.13. The molecule has 0 radical (unpaired) electrons. The van der Waals surface area contributed by atoms with Crippen LogP contribution in [0.1, 0.15) is 32.6 Å². The molecule has 0 aromatic heterocycles. The van der Waals surface area contributed by atoms with Crippen LogP contribution in [-0.4, -0.2) is 68.9 Å². The molecule has 0 aliphatic carbocycles. The quantitative estimate of drug-likeness (QED) is 0.796. The van der Waals surface area contributed by atoms with E-state index in [0.717, 1.165) is 77.0 Å². The zero-order valence-electron chi connectivity index (χ0n) is 13.5. The second kappa shape index (κ2) is 7.92. The number of amidine groups is 2. The molecule has 3 heterocycles. The summed E-state index contributed by atoms with van der Waals surface area (Å²) in [4.78, 5) is 11.5. The van der Waals surface area contributed by atoms with Gasteiger partial charge in [-0.3, -0.25) is 0 Å². The van der Waals surface area contributed by atoms with E-state index in [1.165, 1.54) is 0 Å². The van der Waals surface area contributed by atoms with Gasteiger partial charge in [0.1, 0.15) is 5.84 Å². The Bertz CT molecular complexity index is 413. The van der Waals surface area contributed by atoms with Crippen LogP contribution in [0.4, 0.5) is 0 Å². The molecule has 6 nitrogen and oxygen atoms in total. The van der Waals surface area contributed by atoms with Crippen molar-refractivity contribution in [2.75, 3.05) is 46.1 Å². The number of hydrogen-bond donors (Lipinski definition) is 0. The first-order valence-electron chi connectivity index (χ1n) is 8.50. The number of aliphatic imine (C=N–C) groups is 2. The highest BCUT2D eigenvalue weighted by atomic mass is 16.5. The Labute approximate surface area is 132 Å². The van der Waals surface area contributed by atoms with E-state index in [4.69, 9.17) is 14.2 Å². The predicted octanol–water partition coefficient (Wildman–Crippen LogP) is 1.70. The van der Waals surface area contributed by atoms with Crippen molar-refractivity contribution < 1.29 is 14.2 Å². The molecular formula is C16H27N3O3. The predicted molar refractivity (Wildman–Crippen MR) is 85.5 cm³/mol. The van der Waals surface area contributed by atoms with Crippen LogP contribution in [0, 0.1) is 5.92 Å². The van der Waals surface area contributed by atoms with Gasteiger partial charge in [0.05, 0.1) is 25.9 Å². The summed E-state index contributed by atoms with van der Waals surface area (Å²) in [5, 5.41) is 0. The summed E-state index contributed by atoms with van der Waals surface area (Å²) in [5.74, 6) is 1.82. The van der Waals surface area contributed by atoms with Gasteiger partial charge in [-0.05, 0) is 32.1 Å². The number of ether oxygens (including phenoxy) is 3. The van der Waals surface area contributed by atoms with Crippen molar-refractivity contribution in [1.82, 2.24) is 4.90 Å². The molecule has 1 atom stereocenters. The average Bonchev–Trinajstić information content (AvgIpc) is 2.56. The third kappa shape index (κ3) is 4.43. The second-order valence-electron chi connectivity index (χ2n) is 6.29. The molecule has 0 bridgehead atoms. The first-order chi connectivity index (χ1) is 10.8. The van der Waals surface area contributed by atoms with Gasteiger partial charge in [0.2, 0.25) is 0 Å². The maximum absolute atomic E-state index is 5.84. The minimum absolute atomic E-state index is 0.244. The van der Waals surface area contributed by atoms with Gasteiger partial charge < -0.3 is 19.1 Å². The molecule has 0 aromatic rings. The maximum Gasteiger partial charge on any atom is 0.313 e. The lowest BCUT2D eigenvalue weighted by Crippen LogP contribution is -2.43. The van der Waals surface area contributed by atoms with Crippen LogP contribution in [0.15, 0.2) is 9.98 Å². The molecule has 3 aliphatic rings. The molecule has 6 heteroatoms. The van der Waals surface area contributed by atoms with E-state index < -0.39 is 0 Å². The van der Waals surface area contributed by atoms with Gasteiger partial charge in [0.25, 0.3) is 0 Å². The van der Waals surface area contributed by atoms with E-state index in [1.807, 2.05) is 0 Å². The number of nitrogens with zero attached hydrogens (tertiary/aromatic N) is 3. The molecule has 124 valence electrons. The molecule has 2 fully saturated rings. The molecular weight excluding hydrogens is 282 g/mol. The van der Waals surface area contributed by atoms with Crippen LogP contribution in [0.25, 0.3) is 0 Å². The van der Waals surface area contributed by atoms with Crippen LogP contribution in [0.2, 0.25) is 0 Å². The molecule has 0 saturated carbocycles. The zero-order valence-corrected chi connectivity index (χ0v) is 13.5. The molecule has 22 heavy (non-hydrogen) atoms. The molecule has 2 saturated heterocycles. The Kier molecular flexibility index (Phi) is 5.67. The third-order valence-electron chi connectivity index (χ3n) is 4.51. The average molecular weight is 309 g/mol. The SMILES string of the molecule is C[C@@H]1CC(N2CCOCC2)=NC(OCCC2CCOCC2)=N1. The maximum atomic E-state index is 5.84. The number of morpholine rings is 1. The summed E-state index contributed by atoms with van der Waals surface area (Å²) < 4.78 is 16.6. The minimum Gasteiger partial charge on any atom is -0.464 e. The van der Waals surface area contributed by atoms with Crippen molar-refractivity contribution in [2.45, 2.75) is 38.6 Å². The Balaban J connectivity index is 1.49. The summed E-state index contributed by atoms with van der Waals surface area (Å²) >= 11 is 0. The minimum atomic E-state index is 0.244. The topological polar surface area (TPSA) is 55.7 Å². The monoisotopic (exact) mass is 309 g/mol. The summed E-state index contributed by atoms with van der Waals surface area (Å²) in [7, 11) is 0. The van der Waals surface area contributed by atoms with E-state index in [-0.39, 0.29) is 6.04 Å². The zero-order chi connectivity index (χ0) is 15.2. The van der Waals surface area contributed by atoms with Gasteiger partial charge in [0.15, 0.2) is 0 Å². The fraction of sp³-hybridized carbons (Fsp3) is 0.875. The molecule has 0 unspecified atom stereocenters. The van der Waals surface area contributed by atoms with Gasteiger partial charge >= 0.3 is 6.02 Å². The van der Waals surface area contributed by atoms with Crippen LogP contribution < -0.4 is 0 Å². The first-order valence-corrected chi connectivity index (χ1v) is 8.50. The highest BCUT2D eigenvalue weighted by Gasteiger charge is 2.22. The van der Waals surface area contributed by atoms with E-state index >= 15 is 0 Å². The van der Waals surface area contributed by atoms with Crippen LogP contribution in [0.5, 0.6) is 0 Å². The van der Waals surface area contributed by atoms with Crippen molar-refractivity contribution in [1.29, 1.82) is 0 Å². The summed E-state index contributed by atoms with van der Waals surface area (Å²) in [6, 6.07) is 0.806. The first kappa shape index (κ1) is 15.7. The summed E-state index contributed by atoms with van der Waals surface area (Å²) in [6.45, 7) is 8.01. The smallest absolute Gasteiger partial charge is 0.313 e. The van der Waals surface area contributed by atoms with E-state index in [0.29, 0.717) is 12.6 Å². The Morgan fingerprint density at radius 1 is 1.14 bits per heavy atom. The molecule has 0 amide bonds. The van der Waals surface area contributed by atoms with Crippen molar-refractivity contribution in [3.63, 3.8) is 0 Å². The van der Waals surface area contributed by atoms with Crippen molar-refractivity contribution in [2.24, 2.45) is 15.9 Å². The summed E-state index contributed by atoms with van der Waals surface area (Å²) in [6.07, 6.45) is 4.26. The Morgan fingerprint density at radius 3 is 2.64 bits per heavy atom. The second-order valence-corrected chi connectivity index (χ2v) is 6.29. The van der Waals surface area contributed by atoms with E-state index in [2.05, 4.69) is 21.8 Å². The highest BCUT2D eigenvalue weighted by molar-refractivity contribution is 5.95. The van der Waals surface area contributed by atoms with Gasteiger partial charge in [-0.2, -0.15) is 4.99 Å². The van der Waals surface area contributed by atoms with Crippen molar-refractivity contribution >= 4 is 11.9 Å². The normalized spacial score (nSPS) is 27.3. The van der Waals surface area contributed by atoms with Gasteiger partial charge in [-0.15, -0.1) is 0 Å². The van der Waals surface area contributed by atoms with Gasteiger partial charge in [-0.1, -0.05) is 0 Å². The summed E-state index contributed by atoms with van der Waals surface area (Å²) in [5.41, 5.74) is 0. The molecule has 0 aromatic carbocycles. The largest absolute Gasteiger partial charge is 0.464 e. The molecule has 0 N–H and O–H groups in total. The fourth-order valence-corrected chi connectivity index (χ4v) is 3.13. The Hall–Kier alpha value is -1.14. The standard InChI is InChI=1S/C16H27N3O3/c1-13-12-15(19-5-10-21-11-6-19)18-16(17-13)22-9-4-14-2-7-20-8-3-14/h13-14H,2-12H2,1H3/t13-/m1/s1. The highest BCUT2D eigenvalue weighted by Crippen LogP contribution is 2.19. The van der Waals surface area contributed by atoms with Gasteiger partial charge in [-0.25, -0.2) is 4.99 Å². The van der Waals surface area contributed by atoms with Crippen molar-refractivity contribution in [3.8, 4) is 0 Å².